The summed E-state index contributed by atoms with van der Waals surface area (Å²) in [4.78, 5) is 37.0. The highest BCUT2D eigenvalue weighted by Crippen LogP contribution is 2.13. The number of aryl methyl sites for hydroxylation is 1. The zero-order valence-electron chi connectivity index (χ0n) is 12.9. The number of H-pyrrole nitrogens is 1. The lowest BCUT2D eigenvalue weighted by atomic mass is 10.2. The van der Waals surface area contributed by atoms with Gasteiger partial charge >= 0.3 is 5.97 Å². The van der Waals surface area contributed by atoms with Gasteiger partial charge in [0.25, 0.3) is 5.56 Å². The highest BCUT2D eigenvalue weighted by Gasteiger charge is 2.15. The number of aromatic amines is 1. The number of rotatable bonds is 4. The summed E-state index contributed by atoms with van der Waals surface area (Å²) in [5.74, 6) is 0.211. The lowest BCUT2D eigenvalue weighted by Gasteiger charge is -2.27. The number of hydrogen-bond donors (Lipinski definition) is 1. The topological polar surface area (TPSA) is 97.4 Å². The van der Waals surface area contributed by atoms with Crippen molar-refractivity contribution in [2.24, 2.45) is 0 Å². The van der Waals surface area contributed by atoms with Crippen LogP contribution in [0.2, 0.25) is 0 Å². The Kier molecular flexibility index (Phi) is 4.52. The normalized spacial score (nSPS) is 14.9. The van der Waals surface area contributed by atoms with E-state index in [1.807, 2.05) is 4.90 Å². The fourth-order valence-electron chi connectivity index (χ4n) is 2.44. The van der Waals surface area contributed by atoms with Crippen molar-refractivity contribution in [2.75, 3.05) is 38.3 Å². The van der Waals surface area contributed by atoms with Gasteiger partial charge in [0.2, 0.25) is 5.95 Å². The molecule has 1 N–H and O–H groups in total. The number of aromatic nitrogens is 3. The standard InChI is InChI=1S/C15H18N4O4/c1-22-12(20)5-3-10-2-4-11-13(16-10)17-15(18-14(11)21)19-6-8-23-9-7-19/h2,4H,3,5-9H2,1H3,(H,16,17,18,21). The van der Waals surface area contributed by atoms with Gasteiger partial charge in [-0.15, -0.1) is 0 Å². The minimum absolute atomic E-state index is 0.219. The van der Waals surface area contributed by atoms with Crippen LogP contribution in [0.25, 0.3) is 11.0 Å². The molecule has 122 valence electrons. The largest absolute Gasteiger partial charge is 0.469 e. The zero-order valence-corrected chi connectivity index (χ0v) is 12.9. The molecule has 3 heterocycles. The van der Waals surface area contributed by atoms with E-state index in [4.69, 9.17) is 4.74 Å². The van der Waals surface area contributed by atoms with Crippen LogP contribution in [-0.4, -0.2) is 54.3 Å². The minimum atomic E-state index is -0.292. The fraction of sp³-hybridized carbons (Fsp3) is 0.467. The molecule has 23 heavy (non-hydrogen) atoms. The third-order valence-corrected chi connectivity index (χ3v) is 3.74. The van der Waals surface area contributed by atoms with Gasteiger partial charge in [-0.1, -0.05) is 0 Å². The van der Waals surface area contributed by atoms with E-state index in [2.05, 4.69) is 19.7 Å². The Morgan fingerprint density at radius 2 is 2.13 bits per heavy atom. The number of morpholine rings is 1. The van der Waals surface area contributed by atoms with Gasteiger partial charge in [0.15, 0.2) is 5.65 Å². The Morgan fingerprint density at radius 1 is 1.35 bits per heavy atom. The number of pyridine rings is 1. The number of ether oxygens (including phenoxy) is 2. The highest BCUT2D eigenvalue weighted by atomic mass is 16.5. The monoisotopic (exact) mass is 318 g/mol. The Morgan fingerprint density at radius 3 is 2.87 bits per heavy atom. The summed E-state index contributed by atoms with van der Waals surface area (Å²) in [6, 6.07) is 3.42. The van der Waals surface area contributed by atoms with Crippen LogP contribution in [0.5, 0.6) is 0 Å². The van der Waals surface area contributed by atoms with E-state index >= 15 is 0 Å². The van der Waals surface area contributed by atoms with Gasteiger partial charge < -0.3 is 14.4 Å². The third kappa shape index (κ3) is 3.48. The van der Waals surface area contributed by atoms with Crippen LogP contribution in [-0.2, 0) is 20.7 Å². The maximum atomic E-state index is 12.2. The van der Waals surface area contributed by atoms with Crippen molar-refractivity contribution >= 4 is 23.0 Å². The van der Waals surface area contributed by atoms with Gasteiger partial charge in [0, 0.05) is 25.2 Å². The molecule has 0 spiro atoms. The summed E-state index contributed by atoms with van der Waals surface area (Å²) in [5, 5.41) is 0.434. The Balaban J connectivity index is 1.90. The summed E-state index contributed by atoms with van der Waals surface area (Å²) in [5.41, 5.74) is 0.870. The molecule has 0 aromatic carbocycles. The molecule has 1 fully saturated rings. The summed E-state index contributed by atoms with van der Waals surface area (Å²) in [6.45, 7) is 2.57. The SMILES string of the molecule is COC(=O)CCc1ccc2c(=O)[nH]c(N3CCOCC3)nc2n1. The highest BCUT2D eigenvalue weighted by molar-refractivity contribution is 5.75. The number of esters is 1. The Labute approximate surface area is 132 Å². The first-order chi connectivity index (χ1) is 11.2. The molecule has 8 nitrogen and oxygen atoms in total. The number of carbonyl (C=O) groups is 1. The van der Waals surface area contributed by atoms with Crippen LogP contribution in [0.3, 0.4) is 0 Å². The Hall–Kier alpha value is -2.48. The van der Waals surface area contributed by atoms with Crippen molar-refractivity contribution in [2.45, 2.75) is 12.8 Å². The molecular formula is C15H18N4O4. The second-order valence-electron chi connectivity index (χ2n) is 5.24. The van der Waals surface area contributed by atoms with Crippen LogP contribution < -0.4 is 10.5 Å². The van der Waals surface area contributed by atoms with Gasteiger partial charge in [-0.25, -0.2) is 4.98 Å². The van der Waals surface area contributed by atoms with Crippen molar-refractivity contribution in [3.8, 4) is 0 Å². The first-order valence-corrected chi connectivity index (χ1v) is 7.47. The predicted octanol–water partition coefficient (Wildman–Crippen LogP) is 0.260. The summed E-state index contributed by atoms with van der Waals surface area (Å²) in [6.07, 6.45) is 0.693. The number of carbonyl (C=O) groups excluding carboxylic acids is 1. The molecule has 0 amide bonds. The number of nitrogens with one attached hydrogen (secondary N) is 1. The van der Waals surface area contributed by atoms with E-state index in [1.54, 1.807) is 12.1 Å². The Bertz CT molecular complexity index is 768. The van der Waals surface area contributed by atoms with E-state index < -0.39 is 0 Å². The molecular weight excluding hydrogens is 300 g/mol. The molecule has 1 aliphatic heterocycles. The first-order valence-electron chi connectivity index (χ1n) is 7.47. The summed E-state index contributed by atoms with van der Waals surface area (Å²) < 4.78 is 9.92. The number of methoxy groups -OCH3 is 1. The average molecular weight is 318 g/mol. The number of hydrogen-bond acceptors (Lipinski definition) is 7. The average Bonchev–Trinajstić information content (AvgIpc) is 2.60. The molecule has 3 rings (SSSR count). The number of anilines is 1. The van der Waals surface area contributed by atoms with Gasteiger partial charge in [0.05, 0.1) is 32.1 Å². The zero-order chi connectivity index (χ0) is 16.2. The van der Waals surface area contributed by atoms with E-state index in [0.717, 1.165) is 0 Å². The molecule has 0 atom stereocenters. The van der Waals surface area contributed by atoms with Gasteiger partial charge in [-0.2, -0.15) is 4.98 Å². The quantitative estimate of drug-likeness (QED) is 0.808. The second-order valence-corrected chi connectivity index (χ2v) is 5.24. The van der Waals surface area contributed by atoms with Crippen LogP contribution in [0.15, 0.2) is 16.9 Å². The van der Waals surface area contributed by atoms with Gasteiger partial charge in [0.1, 0.15) is 0 Å². The van der Waals surface area contributed by atoms with Crippen LogP contribution >= 0.6 is 0 Å². The smallest absolute Gasteiger partial charge is 0.305 e. The van der Waals surface area contributed by atoms with Crippen LogP contribution in [0.4, 0.5) is 5.95 Å². The van der Waals surface area contributed by atoms with E-state index in [9.17, 15) is 9.59 Å². The molecule has 8 heteroatoms. The molecule has 0 radical (unpaired) electrons. The van der Waals surface area contributed by atoms with E-state index in [0.29, 0.717) is 55.4 Å². The molecule has 0 saturated carbocycles. The lowest BCUT2D eigenvalue weighted by Crippen LogP contribution is -2.38. The molecule has 0 aliphatic carbocycles. The first kappa shape index (κ1) is 15.4. The molecule has 0 unspecified atom stereocenters. The molecule has 0 bridgehead atoms. The van der Waals surface area contributed by atoms with E-state index in [1.165, 1.54) is 7.11 Å². The fourth-order valence-corrected chi connectivity index (χ4v) is 2.44. The maximum absolute atomic E-state index is 12.2. The van der Waals surface area contributed by atoms with Gasteiger partial charge in [-0.3, -0.25) is 14.6 Å². The predicted molar refractivity (Wildman–Crippen MR) is 83.5 cm³/mol. The second kappa shape index (κ2) is 6.74. The molecule has 2 aromatic heterocycles. The third-order valence-electron chi connectivity index (χ3n) is 3.74. The number of fused-ring (bicyclic) bond motifs is 1. The lowest BCUT2D eigenvalue weighted by molar-refractivity contribution is -0.140. The van der Waals surface area contributed by atoms with Gasteiger partial charge in [-0.05, 0) is 12.1 Å². The van der Waals surface area contributed by atoms with Crippen LogP contribution in [0.1, 0.15) is 12.1 Å². The van der Waals surface area contributed by atoms with Crippen molar-refractivity contribution in [1.29, 1.82) is 0 Å². The molecule has 2 aromatic rings. The van der Waals surface area contributed by atoms with Crippen molar-refractivity contribution < 1.29 is 14.3 Å². The van der Waals surface area contributed by atoms with Crippen molar-refractivity contribution in [3.63, 3.8) is 0 Å². The number of nitrogens with zero attached hydrogens (tertiary/aromatic N) is 3. The summed E-state index contributed by atoms with van der Waals surface area (Å²) >= 11 is 0. The molecule has 1 aliphatic rings. The minimum Gasteiger partial charge on any atom is -0.469 e. The van der Waals surface area contributed by atoms with E-state index in [-0.39, 0.29) is 17.9 Å². The van der Waals surface area contributed by atoms with Crippen molar-refractivity contribution in [3.05, 3.63) is 28.2 Å². The van der Waals surface area contributed by atoms with Crippen LogP contribution in [0, 0.1) is 0 Å². The maximum Gasteiger partial charge on any atom is 0.305 e. The summed E-state index contributed by atoms with van der Waals surface area (Å²) in [7, 11) is 1.35. The van der Waals surface area contributed by atoms with Crippen molar-refractivity contribution in [1.82, 2.24) is 15.0 Å². The molecule has 1 saturated heterocycles.